The van der Waals surface area contributed by atoms with Crippen LogP contribution in [-0.4, -0.2) is 19.1 Å². The first-order valence-corrected chi connectivity index (χ1v) is 7.10. The van der Waals surface area contributed by atoms with Crippen LogP contribution in [0.4, 0.5) is 5.69 Å². The van der Waals surface area contributed by atoms with Crippen LogP contribution in [0.25, 0.3) is 0 Å². The Balaban J connectivity index is 3.02. The van der Waals surface area contributed by atoms with Crippen molar-refractivity contribution in [2.45, 2.75) is 52.0 Å². The molecule has 0 radical (unpaired) electrons. The molecule has 1 rings (SSSR count). The zero-order valence-corrected chi connectivity index (χ0v) is 12.4. The summed E-state index contributed by atoms with van der Waals surface area (Å²) >= 11 is 0. The van der Waals surface area contributed by atoms with Crippen molar-refractivity contribution in [3.63, 3.8) is 0 Å². The Labute approximate surface area is 112 Å². The highest BCUT2D eigenvalue weighted by Crippen LogP contribution is 2.31. The molecule has 0 bridgehead atoms. The van der Waals surface area contributed by atoms with Crippen LogP contribution in [0, 0.1) is 6.92 Å². The summed E-state index contributed by atoms with van der Waals surface area (Å²) in [6, 6.07) is 8.56. The summed E-state index contributed by atoms with van der Waals surface area (Å²) in [4.78, 5) is 2.40. The number of rotatable bonds is 7. The summed E-state index contributed by atoms with van der Waals surface area (Å²) in [6.07, 6.45) is 4.72. The first kappa shape index (κ1) is 15.0. The maximum absolute atomic E-state index is 6.11. The van der Waals surface area contributed by atoms with Crippen LogP contribution < -0.4 is 10.6 Å². The minimum Gasteiger partial charge on any atom is -0.367 e. The van der Waals surface area contributed by atoms with E-state index in [-0.39, 0.29) is 5.54 Å². The Kier molecular flexibility index (Phi) is 5.67. The Bertz CT molecular complexity index is 356. The van der Waals surface area contributed by atoms with Gasteiger partial charge in [0.2, 0.25) is 0 Å². The van der Waals surface area contributed by atoms with E-state index in [2.05, 4.69) is 57.0 Å². The van der Waals surface area contributed by atoms with E-state index < -0.39 is 0 Å². The van der Waals surface area contributed by atoms with Crippen LogP contribution in [-0.2, 0) is 0 Å². The highest BCUT2D eigenvalue weighted by Gasteiger charge is 2.31. The average molecular weight is 248 g/mol. The van der Waals surface area contributed by atoms with Gasteiger partial charge in [-0.05, 0) is 31.4 Å². The van der Waals surface area contributed by atoms with Gasteiger partial charge in [-0.1, -0.05) is 44.9 Å². The third-order valence-corrected chi connectivity index (χ3v) is 4.22. The van der Waals surface area contributed by atoms with Gasteiger partial charge < -0.3 is 10.6 Å². The van der Waals surface area contributed by atoms with E-state index in [1.807, 2.05) is 0 Å². The van der Waals surface area contributed by atoms with E-state index in [1.165, 1.54) is 30.5 Å². The van der Waals surface area contributed by atoms with Gasteiger partial charge in [0.25, 0.3) is 0 Å². The summed E-state index contributed by atoms with van der Waals surface area (Å²) in [5.41, 5.74) is 8.83. The standard InChI is InChI=1S/C16H28N2/c1-5-7-12-16(6-2,13-17)18(4)15-11-9-8-10-14(15)3/h8-11H,5-7,12-13,17H2,1-4H3. The van der Waals surface area contributed by atoms with Crippen molar-refractivity contribution in [2.24, 2.45) is 5.73 Å². The maximum Gasteiger partial charge on any atom is 0.0518 e. The summed E-state index contributed by atoms with van der Waals surface area (Å²) < 4.78 is 0. The van der Waals surface area contributed by atoms with Crippen LogP contribution in [0.2, 0.25) is 0 Å². The molecule has 1 aromatic rings. The fourth-order valence-electron chi connectivity index (χ4n) is 2.67. The highest BCUT2D eigenvalue weighted by molar-refractivity contribution is 5.54. The van der Waals surface area contributed by atoms with E-state index in [0.29, 0.717) is 6.54 Å². The molecule has 0 aliphatic heterocycles. The number of unbranched alkanes of at least 4 members (excludes halogenated alkanes) is 1. The predicted octanol–water partition coefficient (Wildman–Crippen LogP) is 3.73. The Morgan fingerprint density at radius 2 is 1.89 bits per heavy atom. The second kappa shape index (κ2) is 6.79. The number of anilines is 1. The van der Waals surface area contributed by atoms with E-state index in [9.17, 15) is 0 Å². The van der Waals surface area contributed by atoms with Gasteiger partial charge in [-0.25, -0.2) is 0 Å². The lowest BCUT2D eigenvalue weighted by molar-refractivity contribution is 0.358. The maximum atomic E-state index is 6.11. The fourth-order valence-corrected chi connectivity index (χ4v) is 2.67. The molecule has 0 fully saturated rings. The van der Waals surface area contributed by atoms with E-state index in [0.717, 1.165) is 6.42 Å². The molecule has 0 aromatic heterocycles. The second-order valence-corrected chi connectivity index (χ2v) is 5.23. The number of likely N-dealkylation sites (N-methyl/N-ethyl adjacent to an activating group) is 1. The van der Waals surface area contributed by atoms with Crippen LogP contribution >= 0.6 is 0 Å². The smallest absolute Gasteiger partial charge is 0.0518 e. The van der Waals surface area contributed by atoms with Gasteiger partial charge in [0.15, 0.2) is 0 Å². The van der Waals surface area contributed by atoms with E-state index in [4.69, 9.17) is 5.73 Å². The summed E-state index contributed by atoms with van der Waals surface area (Å²) in [5, 5.41) is 0. The van der Waals surface area contributed by atoms with Crippen molar-refractivity contribution in [1.29, 1.82) is 0 Å². The predicted molar refractivity (Wildman–Crippen MR) is 81.2 cm³/mol. The summed E-state index contributed by atoms with van der Waals surface area (Å²) in [6.45, 7) is 7.37. The number of nitrogens with zero attached hydrogens (tertiary/aromatic N) is 1. The number of aryl methyl sites for hydroxylation is 1. The average Bonchev–Trinajstić information content (AvgIpc) is 2.41. The molecule has 1 atom stereocenters. The van der Waals surface area contributed by atoms with E-state index >= 15 is 0 Å². The lowest BCUT2D eigenvalue weighted by atomic mass is 9.87. The lowest BCUT2D eigenvalue weighted by Crippen LogP contribution is -2.52. The minimum absolute atomic E-state index is 0.0993. The molecule has 0 spiro atoms. The minimum atomic E-state index is 0.0993. The zero-order valence-electron chi connectivity index (χ0n) is 12.4. The van der Waals surface area contributed by atoms with Gasteiger partial charge >= 0.3 is 0 Å². The molecule has 2 N–H and O–H groups in total. The summed E-state index contributed by atoms with van der Waals surface area (Å²) in [5.74, 6) is 0. The first-order valence-electron chi connectivity index (χ1n) is 7.10. The topological polar surface area (TPSA) is 29.3 Å². The van der Waals surface area contributed by atoms with Crippen molar-refractivity contribution in [3.05, 3.63) is 29.8 Å². The quantitative estimate of drug-likeness (QED) is 0.796. The second-order valence-electron chi connectivity index (χ2n) is 5.23. The van der Waals surface area contributed by atoms with Crippen LogP contribution in [0.5, 0.6) is 0 Å². The van der Waals surface area contributed by atoms with Gasteiger partial charge in [0.1, 0.15) is 0 Å². The number of nitrogens with two attached hydrogens (primary N) is 1. The molecule has 0 aliphatic carbocycles. The van der Waals surface area contributed by atoms with Crippen LogP contribution in [0.1, 0.15) is 45.1 Å². The van der Waals surface area contributed by atoms with Gasteiger partial charge in [0.05, 0.1) is 5.54 Å². The Morgan fingerprint density at radius 1 is 1.22 bits per heavy atom. The largest absolute Gasteiger partial charge is 0.367 e. The van der Waals surface area contributed by atoms with Crippen molar-refractivity contribution >= 4 is 5.69 Å². The number of para-hydroxylation sites is 1. The molecule has 0 aliphatic rings. The van der Waals surface area contributed by atoms with Gasteiger partial charge in [0, 0.05) is 19.3 Å². The SMILES string of the molecule is CCCCC(CC)(CN)N(C)c1ccccc1C. The number of hydrogen-bond donors (Lipinski definition) is 1. The zero-order chi connectivity index (χ0) is 13.6. The third kappa shape index (κ3) is 3.05. The van der Waals surface area contributed by atoms with Crippen molar-refractivity contribution in [3.8, 4) is 0 Å². The first-order chi connectivity index (χ1) is 8.61. The van der Waals surface area contributed by atoms with Crippen molar-refractivity contribution < 1.29 is 0 Å². The third-order valence-electron chi connectivity index (χ3n) is 4.22. The molecule has 2 heteroatoms. The molecule has 0 amide bonds. The van der Waals surface area contributed by atoms with Crippen molar-refractivity contribution in [1.82, 2.24) is 0 Å². The van der Waals surface area contributed by atoms with Crippen molar-refractivity contribution in [2.75, 3.05) is 18.5 Å². The highest BCUT2D eigenvalue weighted by atomic mass is 15.2. The molecular formula is C16H28N2. The van der Waals surface area contributed by atoms with Crippen LogP contribution in [0.15, 0.2) is 24.3 Å². The monoisotopic (exact) mass is 248 g/mol. The van der Waals surface area contributed by atoms with Gasteiger partial charge in [-0.2, -0.15) is 0 Å². The molecule has 1 unspecified atom stereocenters. The lowest BCUT2D eigenvalue weighted by Gasteiger charge is -2.43. The molecule has 0 saturated carbocycles. The van der Waals surface area contributed by atoms with Gasteiger partial charge in [-0.3, -0.25) is 0 Å². The fraction of sp³-hybridized carbons (Fsp3) is 0.625. The van der Waals surface area contributed by atoms with E-state index in [1.54, 1.807) is 0 Å². The molecule has 0 saturated heterocycles. The molecule has 0 heterocycles. The number of hydrogen-bond acceptors (Lipinski definition) is 2. The molecular weight excluding hydrogens is 220 g/mol. The normalized spacial score (nSPS) is 14.3. The number of benzene rings is 1. The van der Waals surface area contributed by atoms with Crippen LogP contribution in [0.3, 0.4) is 0 Å². The summed E-state index contributed by atoms with van der Waals surface area (Å²) in [7, 11) is 2.19. The Hall–Kier alpha value is -1.02. The molecule has 102 valence electrons. The Morgan fingerprint density at radius 3 is 2.39 bits per heavy atom. The molecule has 1 aromatic carbocycles. The van der Waals surface area contributed by atoms with Gasteiger partial charge in [-0.15, -0.1) is 0 Å². The molecule has 18 heavy (non-hydrogen) atoms. The molecule has 2 nitrogen and oxygen atoms in total.